The maximum atomic E-state index is 14.9. The third kappa shape index (κ3) is 3.91. The van der Waals surface area contributed by atoms with Crippen LogP contribution in [0.1, 0.15) is 35.7 Å². The normalized spacial score (nSPS) is 19.3. The number of fused-ring (bicyclic) bond motifs is 1. The third-order valence-corrected chi connectivity index (χ3v) is 6.15. The fourth-order valence-electron chi connectivity index (χ4n) is 3.96. The van der Waals surface area contributed by atoms with Crippen LogP contribution in [0.15, 0.2) is 41.0 Å². The zero-order chi connectivity index (χ0) is 23.0. The van der Waals surface area contributed by atoms with Gasteiger partial charge in [0.15, 0.2) is 5.65 Å². The highest BCUT2D eigenvalue weighted by Gasteiger charge is 2.28. The SMILES string of the molecule is Cc1nc2c(-c3ccc(Cl)cc3F)nc(C3CCOC(/C(C=N)=C/N)C3)cn2c(=O)c1C. The number of benzene rings is 1. The van der Waals surface area contributed by atoms with Gasteiger partial charge in [0, 0.05) is 58.6 Å². The van der Waals surface area contributed by atoms with Crippen molar-refractivity contribution in [2.45, 2.75) is 38.7 Å². The number of aromatic nitrogens is 3. The van der Waals surface area contributed by atoms with Gasteiger partial charge in [0.1, 0.15) is 11.5 Å². The fraction of sp³-hybridized carbons (Fsp3) is 0.304. The Morgan fingerprint density at radius 3 is 2.84 bits per heavy atom. The molecule has 0 aliphatic carbocycles. The molecule has 166 valence electrons. The molecule has 0 saturated carbocycles. The second-order valence-electron chi connectivity index (χ2n) is 7.85. The van der Waals surface area contributed by atoms with Crippen LogP contribution in [0.25, 0.3) is 16.9 Å². The summed E-state index contributed by atoms with van der Waals surface area (Å²) in [4.78, 5) is 22.4. The smallest absolute Gasteiger partial charge is 0.261 e. The van der Waals surface area contributed by atoms with Crippen LogP contribution in [0, 0.1) is 25.1 Å². The minimum absolute atomic E-state index is 0.0735. The quantitative estimate of drug-likeness (QED) is 0.580. The van der Waals surface area contributed by atoms with E-state index in [1.165, 1.54) is 22.9 Å². The Morgan fingerprint density at radius 2 is 2.16 bits per heavy atom. The van der Waals surface area contributed by atoms with Gasteiger partial charge in [0.25, 0.3) is 5.56 Å². The number of hydrogen-bond acceptors (Lipinski definition) is 6. The molecule has 1 saturated heterocycles. The Kier molecular flexibility index (Phi) is 6.08. The number of nitrogens with one attached hydrogen (secondary N) is 1. The predicted molar refractivity (Wildman–Crippen MR) is 122 cm³/mol. The Hall–Kier alpha value is -3.10. The standard InChI is InChI=1S/C23H23ClFN5O2/c1-12-13(2)28-22-21(17-4-3-16(24)8-18(17)25)29-19(11-30(22)23(12)31)14-5-6-32-20(7-14)15(9-26)10-27/h3-4,8-11,14,20,26H,5-7,27H2,1-2H3/b15-10+,26-9?. The Labute approximate surface area is 189 Å². The summed E-state index contributed by atoms with van der Waals surface area (Å²) in [6.45, 7) is 3.91. The van der Waals surface area contributed by atoms with Crippen molar-refractivity contribution >= 4 is 23.5 Å². The molecule has 2 aromatic heterocycles. The van der Waals surface area contributed by atoms with E-state index >= 15 is 0 Å². The van der Waals surface area contributed by atoms with Crippen LogP contribution >= 0.6 is 11.6 Å². The van der Waals surface area contributed by atoms with E-state index in [4.69, 9.17) is 32.5 Å². The van der Waals surface area contributed by atoms with Gasteiger partial charge in [-0.15, -0.1) is 0 Å². The number of aryl methyl sites for hydroxylation is 1. The Morgan fingerprint density at radius 1 is 1.38 bits per heavy atom. The molecule has 1 aliphatic rings. The van der Waals surface area contributed by atoms with Crippen molar-refractivity contribution in [1.29, 1.82) is 5.41 Å². The van der Waals surface area contributed by atoms with Gasteiger partial charge < -0.3 is 15.9 Å². The molecule has 1 aliphatic heterocycles. The molecule has 0 spiro atoms. The first-order valence-electron chi connectivity index (χ1n) is 10.2. The van der Waals surface area contributed by atoms with Gasteiger partial charge in [-0.05, 0) is 44.9 Å². The van der Waals surface area contributed by atoms with Crippen molar-refractivity contribution in [2.24, 2.45) is 5.73 Å². The highest BCUT2D eigenvalue weighted by Crippen LogP contribution is 2.34. The van der Waals surface area contributed by atoms with Gasteiger partial charge in [-0.3, -0.25) is 9.20 Å². The van der Waals surface area contributed by atoms with Gasteiger partial charge in [-0.2, -0.15) is 0 Å². The summed E-state index contributed by atoms with van der Waals surface area (Å²) in [5.41, 5.74) is 8.48. The lowest BCUT2D eigenvalue weighted by atomic mass is 9.89. The highest BCUT2D eigenvalue weighted by atomic mass is 35.5. The second-order valence-corrected chi connectivity index (χ2v) is 8.29. The van der Waals surface area contributed by atoms with Crippen molar-refractivity contribution < 1.29 is 9.13 Å². The number of nitrogens with zero attached hydrogens (tertiary/aromatic N) is 3. The van der Waals surface area contributed by atoms with Crippen LogP contribution in [0.3, 0.4) is 0 Å². The first kappa shape index (κ1) is 22.1. The third-order valence-electron chi connectivity index (χ3n) is 5.92. The minimum atomic E-state index is -0.543. The zero-order valence-corrected chi connectivity index (χ0v) is 18.5. The van der Waals surface area contributed by atoms with E-state index in [1.807, 2.05) is 0 Å². The van der Waals surface area contributed by atoms with E-state index < -0.39 is 5.82 Å². The molecular formula is C23H23ClFN5O2. The molecule has 0 radical (unpaired) electrons. The molecule has 9 heteroatoms. The van der Waals surface area contributed by atoms with Crippen molar-refractivity contribution in [3.63, 3.8) is 0 Å². The summed E-state index contributed by atoms with van der Waals surface area (Å²) in [7, 11) is 0. The molecule has 1 fully saturated rings. The van der Waals surface area contributed by atoms with Gasteiger partial charge in [0.05, 0.1) is 11.8 Å². The monoisotopic (exact) mass is 455 g/mol. The number of hydrogen-bond donors (Lipinski definition) is 2. The minimum Gasteiger partial charge on any atom is -0.404 e. The van der Waals surface area contributed by atoms with Crippen LogP contribution in [-0.2, 0) is 4.74 Å². The van der Waals surface area contributed by atoms with E-state index in [1.54, 1.807) is 32.2 Å². The average molecular weight is 456 g/mol. The Bertz CT molecular complexity index is 1300. The number of rotatable bonds is 4. The molecule has 7 nitrogen and oxygen atoms in total. The van der Waals surface area contributed by atoms with Gasteiger partial charge in [-0.1, -0.05) is 11.6 Å². The fourth-order valence-corrected chi connectivity index (χ4v) is 4.12. The average Bonchev–Trinajstić information content (AvgIpc) is 2.78. The van der Waals surface area contributed by atoms with E-state index in [0.717, 1.165) is 0 Å². The van der Waals surface area contributed by atoms with E-state index in [-0.39, 0.29) is 39.5 Å². The topological polar surface area (TPSA) is 106 Å². The van der Waals surface area contributed by atoms with Crippen LogP contribution in [0.5, 0.6) is 0 Å². The molecule has 3 aromatic rings. The van der Waals surface area contributed by atoms with Crippen LogP contribution < -0.4 is 11.3 Å². The molecule has 4 rings (SSSR count). The van der Waals surface area contributed by atoms with E-state index in [2.05, 4.69) is 4.98 Å². The molecule has 3 heterocycles. The number of ether oxygens (including phenoxy) is 1. The molecule has 0 bridgehead atoms. The molecular weight excluding hydrogens is 433 g/mol. The largest absolute Gasteiger partial charge is 0.404 e. The second kappa shape index (κ2) is 8.80. The molecule has 32 heavy (non-hydrogen) atoms. The lowest BCUT2D eigenvalue weighted by Gasteiger charge is -2.30. The molecule has 2 atom stereocenters. The van der Waals surface area contributed by atoms with Gasteiger partial charge in [0.2, 0.25) is 0 Å². The van der Waals surface area contributed by atoms with Gasteiger partial charge >= 0.3 is 0 Å². The first-order valence-corrected chi connectivity index (χ1v) is 10.6. The molecule has 2 unspecified atom stereocenters. The molecule has 3 N–H and O–H groups in total. The first-order chi connectivity index (χ1) is 15.3. The zero-order valence-electron chi connectivity index (χ0n) is 17.7. The molecule has 1 aromatic carbocycles. The van der Waals surface area contributed by atoms with Crippen molar-refractivity contribution in [3.8, 4) is 11.3 Å². The molecule has 0 amide bonds. The van der Waals surface area contributed by atoms with E-state index in [0.29, 0.717) is 42.0 Å². The predicted octanol–water partition coefficient (Wildman–Crippen LogP) is 3.92. The maximum Gasteiger partial charge on any atom is 0.261 e. The summed E-state index contributed by atoms with van der Waals surface area (Å²) < 4.78 is 22.1. The summed E-state index contributed by atoms with van der Waals surface area (Å²) in [6, 6.07) is 4.34. The summed E-state index contributed by atoms with van der Waals surface area (Å²) in [6.07, 6.45) is 5.07. The lowest BCUT2D eigenvalue weighted by Crippen LogP contribution is -2.29. The number of nitrogens with two attached hydrogens (primary N) is 1. The van der Waals surface area contributed by atoms with Crippen molar-refractivity contribution in [1.82, 2.24) is 14.4 Å². The summed E-state index contributed by atoms with van der Waals surface area (Å²) in [5, 5.41) is 7.83. The van der Waals surface area contributed by atoms with E-state index in [9.17, 15) is 9.18 Å². The van der Waals surface area contributed by atoms with Crippen LogP contribution in [0.4, 0.5) is 4.39 Å². The summed E-state index contributed by atoms with van der Waals surface area (Å²) in [5.74, 6) is -0.616. The maximum absolute atomic E-state index is 14.9. The Balaban J connectivity index is 1.93. The van der Waals surface area contributed by atoms with Crippen molar-refractivity contribution in [3.05, 3.63) is 74.3 Å². The number of halogens is 2. The van der Waals surface area contributed by atoms with Crippen molar-refractivity contribution in [2.75, 3.05) is 6.61 Å². The summed E-state index contributed by atoms with van der Waals surface area (Å²) >= 11 is 5.94. The van der Waals surface area contributed by atoms with Gasteiger partial charge in [-0.25, -0.2) is 14.4 Å². The van der Waals surface area contributed by atoms with Crippen LogP contribution in [0.2, 0.25) is 5.02 Å². The lowest BCUT2D eigenvalue weighted by molar-refractivity contribution is 0.0320. The van der Waals surface area contributed by atoms with Crippen LogP contribution in [-0.4, -0.2) is 33.3 Å². The highest BCUT2D eigenvalue weighted by molar-refractivity contribution is 6.30.